The van der Waals surface area contributed by atoms with Crippen molar-refractivity contribution in [2.24, 2.45) is 0 Å². The van der Waals surface area contributed by atoms with Gasteiger partial charge in [-0.2, -0.15) is 0 Å². The summed E-state index contributed by atoms with van der Waals surface area (Å²) in [6, 6.07) is 7.38. The van der Waals surface area contributed by atoms with E-state index in [2.05, 4.69) is 10.3 Å². The zero-order valence-corrected chi connectivity index (χ0v) is 10.1. The third-order valence-electron chi connectivity index (χ3n) is 2.77. The first-order chi connectivity index (χ1) is 9.15. The molecule has 1 heterocycles. The molecule has 1 aromatic heterocycles. The molecule has 0 atom stereocenters. The Bertz CT molecular complexity index is 646. The fourth-order valence-electron chi connectivity index (χ4n) is 1.80. The second kappa shape index (κ2) is 5.64. The minimum atomic E-state index is -0.745. The Labute approximate surface area is 108 Å². The van der Waals surface area contributed by atoms with Crippen molar-refractivity contribution in [1.29, 1.82) is 0 Å². The van der Waals surface area contributed by atoms with Crippen molar-refractivity contribution in [2.75, 3.05) is 13.2 Å². The van der Waals surface area contributed by atoms with E-state index in [0.717, 1.165) is 0 Å². The Morgan fingerprint density at radius 1 is 1.26 bits per heavy atom. The van der Waals surface area contributed by atoms with Crippen molar-refractivity contribution in [3.63, 3.8) is 0 Å². The Kier molecular flexibility index (Phi) is 3.94. The third kappa shape index (κ3) is 2.81. The van der Waals surface area contributed by atoms with Crippen LogP contribution in [-0.2, 0) is 0 Å². The highest BCUT2D eigenvalue weighted by Gasteiger charge is 2.15. The highest BCUT2D eigenvalue weighted by Crippen LogP contribution is 2.14. The molecular formula is C13H14N2O4. The number of pyridine rings is 1. The number of para-hydroxylation sites is 1. The number of carbonyl (C=O) groups is 1. The van der Waals surface area contributed by atoms with Gasteiger partial charge < -0.3 is 20.5 Å². The fourth-order valence-corrected chi connectivity index (χ4v) is 1.80. The average Bonchev–Trinajstić information content (AvgIpc) is 2.43. The van der Waals surface area contributed by atoms with Gasteiger partial charge in [0.2, 0.25) is 5.56 Å². The van der Waals surface area contributed by atoms with Crippen LogP contribution in [0.5, 0.6) is 0 Å². The van der Waals surface area contributed by atoms with E-state index in [1.54, 1.807) is 24.3 Å². The SMILES string of the molecule is O=C(NC(CO)CO)c1cc(=O)[nH]c2ccccc12. The monoisotopic (exact) mass is 262 g/mol. The molecule has 0 aliphatic heterocycles. The number of amides is 1. The third-order valence-corrected chi connectivity index (χ3v) is 2.77. The lowest BCUT2D eigenvalue weighted by Gasteiger charge is -2.14. The van der Waals surface area contributed by atoms with E-state index in [-0.39, 0.29) is 24.3 Å². The van der Waals surface area contributed by atoms with E-state index in [1.165, 1.54) is 6.07 Å². The molecule has 0 aliphatic rings. The van der Waals surface area contributed by atoms with Gasteiger partial charge in [-0.15, -0.1) is 0 Å². The van der Waals surface area contributed by atoms with Crippen molar-refractivity contribution < 1.29 is 15.0 Å². The van der Waals surface area contributed by atoms with Gasteiger partial charge in [-0.25, -0.2) is 0 Å². The van der Waals surface area contributed by atoms with Crippen molar-refractivity contribution >= 4 is 16.8 Å². The molecule has 0 saturated carbocycles. The van der Waals surface area contributed by atoms with Gasteiger partial charge in [0, 0.05) is 17.0 Å². The standard InChI is InChI=1S/C13H14N2O4/c16-6-8(7-17)14-13(19)10-5-12(18)15-11-4-2-1-3-9(10)11/h1-5,8,16-17H,6-7H2,(H,14,19)(H,15,18). The molecule has 1 amide bonds. The first-order valence-corrected chi connectivity index (χ1v) is 5.80. The number of hydrogen-bond acceptors (Lipinski definition) is 4. The molecule has 6 heteroatoms. The summed E-state index contributed by atoms with van der Waals surface area (Å²) in [7, 11) is 0. The molecule has 0 aliphatic carbocycles. The maximum absolute atomic E-state index is 12.1. The molecule has 0 saturated heterocycles. The van der Waals surface area contributed by atoms with Gasteiger partial charge in [0.15, 0.2) is 0 Å². The van der Waals surface area contributed by atoms with E-state index in [4.69, 9.17) is 10.2 Å². The number of H-pyrrole nitrogens is 1. The lowest BCUT2D eigenvalue weighted by molar-refractivity contribution is 0.0881. The predicted octanol–water partition coefficient (Wildman–Crippen LogP) is -0.389. The Balaban J connectivity index is 2.44. The number of rotatable bonds is 4. The number of aliphatic hydroxyl groups is 2. The number of carbonyl (C=O) groups excluding carboxylic acids is 1. The van der Waals surface area contributed by atoms with E-state index in [1.807, 2.05) is 0 Å². The quantitative estimate of drug-likeness (QED) is 0.602. The molecule has 4 N–H and O–H groups in total. The van der Waals surface area contributed by atoms with Crippen molar-refractivity contribution in [3.05, 3.63) is 46.2 Å². The van der Waals surface area contributed by atoms with E-state index >= 15 is 0 Å². The van der Waals surface area contributed by atoms with Gasteiger partial charge in [0.1, 0.15) is 0 Å². The maximum atomic E-state index is 12.1. The second-order valence-electron chi connectivity index (χ2n) is 4.13. The smallest absolute Gasteiger partial charge is 0.252 e. The minimum absolute atomic E-state index is 0.214. The van der Waals surface area contributed by atoms with Gasteiger partial charge in [-0.3, -0.25) is 9.59 Å². The number of aromatic amines is 1. The summed E-state index contributed by atoms with van der Waals surface area (Å²) in [5.41, 5.74) is 0.393. The molecule has 0 spiro atoms. The normalized spacial score (nSPS) is 10.9. The summed E-state index contributed by atoms with van der Waals surface area (Å²) < 4.78 is 0. The number of benzene rings is 1. The summed E-state index contributed by atoms with van der Waals surface area (Å²) in [4.78, 5) is 26.2. The van der Waals surface area contributed by atoms with Gasteiger partial charge in [-0.05, 0) is 6.07 Å². The topological polar surface area (TPSA) is 102 Å². The van der Waals surface area contributed by atoms with Crippen molar-refractivity contribution in [2.45, 2.75) is 6.04 Å². The summed E-state index contributed by atoms with van der Waals surface area (Å²) in [6.45, 7) is -0.743. The Morgan fingerprint density at radius 2 is 1.95 bits per heavy atom. The van der Waals surface area contributed by atoms with E-state index < -0.39 is 11.9 Å². The summed E-state index contributed by atoms with van der Waals surface area (Å²) in [5, 5.41) is 21.0. The first-order valence-electron chi connectivity index (χ1n) is 5.80. The van der Waals surface area contributed by atoms with Gasteiger partial charge in [0.25, 0.3) is 5.91 Å². The van der Waals surface area contributed by atoms with Crippen LogP contribution in [0.3, 0.4) is 0 Å². The van der Waals surface area contributed by atoms with Crippen molar-refractivity contribution in [1.82, 2.24) is 10.3 Å². The average molecular weight is 262 g/mol. The maximum Gasteiger partial charge on any atom is 0.252 e. The van der Waals surface area contributed by atoms with Crippen LogP contribution in [0.15, 0.2) is 35.1 Å². The van der Waals surface area contributed by atoms with Gasteiger partial charge in [-0.1, -0.05) is 18.2 Å². The molecule has 6 nitrogen and oxygen atoms in total. The lowest BCUT2D eigenvalue weighted by Crippen LogP contribution is -2.40. The van der Waals surface area contributed by atoms with Crippen molar-refractivity contribution in [3.8, 4) is 0 Å². The lowest BCUT2D eigenvalue weighted by atomic mass is 10.1. The number of hydrogen-bond donors (Lipinski definition) is 4. The molecule has 2 aromatic rings. The minimum Gasteiger partial charge on any atom is -0.394 e. The Morgan fingerprint density at radius 3 is 2.63 bits per heavy atom. The zero-order valence-electron chi connectivity index (χ0n) is 10.1. The molecule has 1 aromatic carbocycles. The number of aromatic nitrogens is 1. The van der Waals surface area contributed by atoms with Crippen LogP contribution in [0.25, 0.3) is 10.9 Å². The largest absolute Gasteiger partial charge is 0.394 e. The highest BCUT2D eigenvalue weighted by atomic mass is 16.3. The summed E-state index contributed by atoms with van der Waals surface area (Å²) in [6.07, 6.45) is 0. The molecule has 19 heavy (non-hydrogen) atoms. The van der Waals surface area contributed by atoms with E-state index in [0.29, 0.717) is 10.9 Å². The van der Waals surface area contributed by atoms with Gasteiger partial charge in [0.05, 0.1) is 24.8 Å². The second-order valence-corrected chi connectivity index (χ2v) is 4.13. The van der Waals surface area contributed by atoms with Gasteiger partial charge >= 0.3 is 0 Å². The fraction of sp³-hybridized carbons (Fsp3) is 0.231. The molecular weight excluding hydrogens is 248 g/mol. The summed E-state index contributed by atoms with van der Waals surface area (Å²) >= 11 is 0. The molecule has 0 unspecified atom stereocenters. The molecule has 2 rings (SSSR count). The first kappa shape index (κ1) is 13.3. The predicted molar refractivity (Wildman–Crippen MR) is 70.0 cm³/mol. The van der Waals surface area contributed by atoms with Crippen LogP contribution >= 0.6 is 0 Å². The number of aliphatic hydroxyl groups excluding tert-OH is 2. The Hall–Kier alpha value is -2.18. The highest BCUT2D eigenvalue weighted by molar-refractivity contribution is 6.06. The molecule has 0 bridgehead atoms. The molecule has 0 fully saturated rings. The number of nitrogens with one attached hydrogen (secondary N) is 2. The number of fused-ring (bicyclic) bond motifs is 1. The summed E-state index contributed by atoms with van der Waals surface area (Å²) in [5.74, 6) is -0.504. The van der Waals surface area contributed by atoms with Crippen LogP contribution in [-0.4, -0.2) is 40.4 Å². The van der Waals surface area contributed by atoms with E-state index in [9.17, 15) is 9.59 Å². The van der Waals surface area contributed by atoms with Crippen LogP contribution in [0.4, 0.5) is 0 Å². The van der Waals surface area contributed by atoms with Crippen LogP contribution in [0, 0.1) is 0 Å². The molecule has 100 valence electrons. The van der Waals surface area contributed by atoms with Crippen LogP contribution in [0.1, 0.15) is 10.4 Å². The zero-order chi connectivity index (χ0) is 13.8. The van der Waals surface area contributed by atoms with Crippen LogP contribution < -0.4 is 10.9 Å². The van der Waals surface area contributed by atoms with Crippen LogP contribution in [0.2, 0.25) is 0 Å². The molecule has 0 radical (unpaired) electrons.